The van der Waals surface area contributed by atoms with E-state index in [9.17, 15) is 38.3 Å². The number of fused-ring (bicyclic) bond motifs is 1. The standard InChI is InChI=1S/C28H37FN4O3S.2C4H4O4/c29-22-6-4-5-20(19-22)11-14-30-16-13-25(35)33(23-7-2-1-3-8-23)18-17-31-15-12-21-9-10-24(34)26-27(21)37-28(36)32-26;2*5-3(6)1-2-4(7)8/h4-6,9-10,19,23,30-31,34H,1-3,7-8,11-18H2,(H,32,36);2*1-2H,(H,5,6)(H,7,8)/b;2*2-1-. The fourth-order valence-electron chi connectivity index (χ4n) is 5.40. The monoisotopic (exact) mass is 760 g/mol. The van der Waals surface area contributed by atoms with Crippen LogP contribution < -0.4 is 15.5 Å². The molecular formula is C36H45FN4O11S. The highest BCUT2D eigenvalue weighted by atomic mass is 32.1. The molecule has 288 valence electrons. The van der Waals surface area contributed by atoms with E-state index in [0.29, 0.717) is 68.5 Å². The number of hydrogen-bond donors (Lipinski definition) is 8. The lowest BCUT2D eigenvalue weighted by Crippen LogP contribution is -2.45. The van der Waals surface area contributed by atoms with Gasteiger partial charge in [0.15, 0.2) is 0 Å². The molecule has 0 bridgehead atoms. The Morgan fingerprint density at radius 2 is 1.40 bits per heavy atom. The van der Waals surface area contributed by atoms with Gasteiger partial charge in [-0.2, -0.15) is 0 Å². The van der Waals surface area contributed by atoms with Crippen molar-refractivity contribution >= 4 is 51.3 Å². The van der Waals surface area contributed by atoms with Crippen LogP contribution in [0.2, 0.25) is 0 Å². The molecular weight excluding hydrogens is 715 g/mol. The number of aromatic nitrogens is 1. The van der Waals surface area contributed by atoms with E-state index in [1.807, 2.05) is 12.1 Å². The molecule has 0 saturated heterocycles. The zero-order valence-corrected chi connectivity index (χ0v) is 29.8. The van der Waals surface area contributed by atoms with E-state index in [1.54, 1.807) is 18.2 Å². The highest BCUT2D eigenvalue weighted by Gasteiger charge is 2.24. The topological polar surface area (TPSA) is 247 Å². The number of aliphatic carboxylic acids is 4. The van der Waals surface area contributed by atoms with E-state index in [4.69, 9.17) is 20.4 Å². The molecule has 8 N–H and O–H groups in total. The Morgan fingerprint density at radius 1 is 0.811 bits per heavy atom. The lowest BCUT2D eigenvalue weighted by Gasteiger charge is -2.34. The van der Waals surface area contributed by atoms with Crippen LogP contribution in [0.3, 0.4) is 0 Å². The van der Waals surface area contributed by atoms with E-state index >= 15 is 0 Å². The molecule has 1 fully saturated rings. The first-order valence-corrected chi connectivity index (χ1v) is 17.6. The molecule has 0 spiro atoms. The maximum Gasteiger partial charge on any atom is 0.328 e. The first-order chi connectivity index (χ1) is 25.3. The molecule has 0 unspecified atom stereocenters. The average molecular weight is 761 g/mol. The number of amides is 1. The fourth-order valence-corrected chi connectivity index (χ4v) is 6.29. The number of nitrogens with zero attached hydrogens (tertiary/aromatic N) is 1. The maximum atomic E-state index is 13.3. The van der Waals surface area contributed by atoms with Crippen molar-refractivity contribution in [2.24, 2.45) is 0 Å². The number of carbonyl (C=O) groups excluding carboxylic acids is 1. The van der Waals surface area contributed by atoms with Crippen molar-refractivity contribution in [3.8, 4) is 5.75 Å². The largest absolute Gasteiger partial charge is 0.506 e. The number of thiazole rings is 1. The van der Waals surface area contributed by atoms with Crippen LogP contribution in [0, 0.1) is 5.82 Å². The van der Waals surface area contributed by atoms with E-state index < -0.39 is 23.9 Å². The number of phenols is 1. The predicted octanol–water partition coefficient (Wildman–Crippen LogP) is 3.37. The van der Waals surface area contributed by atoms with Crippen molar-refractivity contribution in [1.82, 2.24) is 20.5 Å². The van der Waals surface area contributed by atoms with Crippen LogP contribution in [-0.2, 0) is 36.8 Å². The van der Waals surface area contributed by atoms with Crippen molar-refractivity contribution in [1.29, 1.82) is 0 Å². The molecule has 1 aliphatic carbocycles. The Morgan fingerprint density at radius 3 is 1.98 bits per heavy atom. The first-order valence-electron chi connectivity index (χ1n) is 16.8. The summed E-state index contributed by atoms with van der Waals surface area (Å²) in [5, 5.41) is 48.0. The summed E-state index contributed by atoms with van der Waals surface area (Å²) in [5.41, 5.74) is 2.48. The molecule has 0 aliphatic heterocycles. The van der Waals surface area contributed by atoms with Gasteiger partial charge in [0.25, 0.3) is 0 Å². The number of carboxylic acid groups (broad SMARTS) is 4. The van der Waals surface area contributed by atoms with Crippen molar-refractivity contribution in [3.63, 3.8) is 0 Å². The lowest BCUT2D eigenvalue weighted by molar-refractivity contribution is -0.134. The number of benzene rings is 2. The van der Waals surface area contributed by atoms with E-state index in [-0.39, 0.29) is 22.3 Å². The van der Waals surface area contributed by atoms with Gasteiger partial charge in [0.05, 0.1) is 4.70 Å². The number of carbonyl (C=O) groups is 5. The van der Waals surface area contributed by atoms with Crippen LogP contribution in [0.4, 0.5) is 4.39 Å². The third kappa shape index (κ3) is 18.1. The molecule has 3 aromatic rings. The second-order valence-electron chi connectivity index (χ2n) is 11.7. The molecule has 4 rings (SSSR count). The van der Waals surface area contributed by atoms with Gasteiger partial charge in [-0.15, -0.1) is 0 Å². The Hall–Kier alpha value is -5.39. The number of phenolic OH excluding ortho intramolecular Hbond substituents is 1. The van der Waals surface area contributed by atoms with Crippen molar-refractivity contribution in [2.75, 3.05) is 32.7 Å². The van der Waals surface area contributed by atoms with E-state index in [2.05, 4.69) is 20.5 Å². The van der Waals surface area contributed by atoms with Gasteiger partial charge in [0, 0.05) is 56.4 Å². The number of hydrogen-bond acceptors (Lipinski definition) is 10. The SMILES string of the molecule is O=C(CCNCCc1cccc(F)c1)N(CCNCCc1ccc(O)c2[nH]c(=O)sc12)C1CCCCC1.O=C(O)/C=C\C(=O)O.O=C(O)/C=C\C(=O)O. The maximum absolute atomic E-state index is 13.3. The van der Waals surface area contributed by atoms with Gasteiger partial charge in [-0.25, -0.2) is 23.6 Å². The van der Waals surface area contributed by atoms with Crippen LogP contribution in [0.15, 0.2) is 65.5 Å². The minimum atomic E-state index is -1.26. The smallest absolute Gasteiger partial charge is 0.328 e. The number of H-pyrrole nitrogens is 1. The van der Waals surface area contributed by atoms with Crippen LogP contribution >= 0.6 is 11.3 Å². The highest BCUT2D eigenvalue weighted by molar-refractivity contribution is 7.16. The van der Waals surface area contributed by atoms with Gasteiger partial charge < -0.3 is 46.1 Å². The van der Waals surface area contributed by atoms with Gasteiger partial charge in [0.1, 0.15) is 17.1 Å². The highest BCUT2D eigenvalue weighted by Crippen LogP contribution is 2.28. The summed E-state index contributed by atoms with van der Waals surface area (Å²) in [6.45, 7) is 3.43. The van der Waals surface area contributed by atoms with Gasteiger partial charge in [0.2, 0.25) is 5.91 Å². The number of halogens is 1. The van der Waals surface area contributed by atoms with Gasteiger partial charge in [-0.05, 0) is 68.1 Å². The average Bonchev–Trinajstić information content (AvgIpc) is 3.52. The minimum absolute atomic E-state index is 0.0927. The second-order valence-corrected chi connectivity index (χ2v) is 12.7. The van der Waals surface area contributed by atoms with Crippen LogP contribution in [-0.4, -0.2) is 104 Å². The molecule has 2 aromatic carbocycles. The predicted molar refractivity (Wildman–Crippen MR) is 196 cm³/mol. The molecule has 1 amide bonds. The molecule has 0 radical (unpaired) electrons. The third-order valence-corrected chi connectivity index (χ3v) is 8.77. The Kier molecular flexibility index (Phi) is 19.8. The Balaban J connectivity index is 0.000000506. The Labute approximate surface area is 308 Å². The number of aromatic amines is 1. The Bertz CT molecular complexity index is 1720. The molecule has 1 aliphatic rings. The summed E-state index contributed by atoms with van der Waals surface area (Å²) in [7, 11) is 0. The molecule has 15 nitrogen and oxygen atoms in total. The summed E-state index contributed by atoms with van der Waals surface area (Å²) in [6.07, 6.45) is 9.87. The summed E-state index contributed by atoms with van der Waals surface area (Å²) in [4.78, 5) is 67.7. The second kappa shape index (κ2) is 24.0. The van der Waals surface area contributed by atoms with Crippen LogP contribution in [0.25, 0.3) is 10.2 Å². The molecule has 0 atom stereocenters. The normalized spacial score (nSPS) is 12.8. The van der Waals surface area contributed by atoms with E-state index in [1.165, 1.54) is 25.3 Å². The van der Waals surface area contributed by atoms with Crippen molar-refractivity contribution < 1.29 is 53.9 Å². The molecule has 53 heavy (non-hydrogen) atoms. The number of aromatic hydroxyl groups is 1. The fraction of sp³-hybridized carbons (Fsp3) is 0.389. The summed E-state index contributed by atoms with van der Waals surface area (Å²) >= 11 is 1.12. The molecule has 1 heterocycles. The van der Waals surface area contributed by atoms with Crippen LogP contribution in [0.1, 0.15) is 49.7 Å². The lowest BCUT2D eigenvalue weighted by atomic mass is 9.94. The summed E-state index contributed by atoms with van der Waals surface area (Å²) in [5.74, 6) is -4.97. The molecule has 1 aromatic heterocycles. The first kappa shape index (κ1) is 43.8. The number of carboxylic acids is 4. The molecule has 1 saturated carbocycles. The number of nitrogens with one attached hydrogen (secondary N) is 3. The third-order valence-electron chi connectivity index (χ3n) is 7.81. The van der Waals surface area contributed by atoms with Crippen molar-refractivity contribution in [2.45, 2.75) is 57.4 Å². The summed E-state index contributed by atoms with van der Waals surface area (Å²) in [6, 6.07) is 10.4. The van der Waals surface area contributed by atoms with Gasteiger partial charge >= 0.3 is 28.8 Å². The minimum Gasteiger partial charge on any atom is -0.506 e. The van der Waals surface area contributed by atoms with E-state index in [0.717, 1.165) is 59.4 Å². The zero-order chi connectivity index (χ0) is 39.2. The number of rotatable bonds is 17. The van der Waals surface area contributed by atoms with Gasteiger partial charge in [-0.3, -0.25) is 9.59 Å². The summed E-state index contributed by atoms with van der Waals surface area (Å²) < 4.78 is 14.1. The quantitative estimate of drug-likeness (QED) is 0.0728. The van der Waals surface area contributed by atoms with Crippen LogP contribution in [0.5, 0.6) is 5.75 Å². The van der Waals surface area contributed by atoms with Gasteiger partial charge in [-0.1, -0.05) is 48.8 Å². The van der Waals surface area contributed by atoms with Crippen molar-refractivity contribution in [3.05, 3.63) is 87.3 Å². The zero-order valence-electron chi connectivity index (χ0n) is 29.0. The molecule has 17 heteroatoms.